The number of hydrogen-bond acceptors (Lipinski definition) is 3. The van der Waals surface area contributed by atoms with Crippen molar-refractivity contribution in [1.82, 2.24) is 4.90 Å². The summed E-state index contributed by atoms with van der Waals surface area (Å²) in [5, 5.41) is 0. The highest BCUT2D eigenvalue weighted by Gasteiger charge is 2.39. The summed E-state index contributed by atoms with van der Waals surface area (Å²) in [4.78, 5) is 24.5. The number of halogens is 2. The van der Waals surface area contributed by atoms with Crippen LogP contribution < -0.4 is 0 Å². The summed E-state index contributed by atoms with van der Waals surface area (Å²) in [5.74, 6) is -1.47. The van der Waals surface area contributed by atoms with Gasteiger partial charge in [-0.15, -0.1) is 0 Å². The van der Waals surface area contributed by atoms with Crippen molar-refractivity contribution in [1.29, 1.82) is 0 Å². The summed E-state index contributed by atoms with van der Waals surface area (Å²) in [6.45, 7) is 6.32. The summed E-state index contributed by atoms with van der Waals surface area (Å²) in [6, 6.07) is 2.75. The van der Waals surface area contributed by atoms with Crippen LogP contribution in [0.4, 0.5) is 13.6 Å². The summed E-state index contributed by atoms with van der Waals surface area (Å²) < 4.78 is 32.4. The van der Waals surface area contributed by atoms with Crippen molar-refractivity contribution in [2.45, 2.75) is 38.8 Å². The minimum atomic E-state index is -1.67. The van der Waals surface area contributed by atoms with Crippen molar-refractivity contribution in [3.8, 4) is 0 Å². The Bertz CT molecular complexity index is 554. The van der Waals surface area contributed by atoms with Crippen LogP contribution in [0.25, 0.3) is 0 Å². The van der Waals surface area contributed by atoms with E-state index in [0.29, 0.717) is 6.29 Å². The fraction of sp³-hybridized carbons (Fsp3) is 0.467. The fourth-order valence-electron chi connectivity index (χ4n) is 1.73. The molecule has 0 heterocycles. The van der Waals surface area contributed by atoms with Crippen LogP contribution in [0.2, 0.25) is 0 Å². The maximum atomic E-state index is 13.9. The molecule has 1 unspecified atom stereocenters. The topological polar surface area (TPSA) is 46.6 Å². The number of likely N-dealkylation sites (N-methyl/N-ethyl adjacent to an activating group) is 1. The second kappa shape index (κ2) is 5.79. The average molecular weight is 299 g/mol. The van der Waals surface area contributed by atoms with Crippen molar-refractivity contribution in [3.05, 3.63) is 35.4 Å². The van der Waals surface area contributed by atoms with Crippen molar-refractivity contribution < 1.29 is 23.1 Å². The smallest absolute Gasteiger partial charge is 0.411 e. The van der Waals surface area contributed by atoms with Gasteiger partial charge in [-0.1, -0.05) is 0 Å². The third kappa shape index (κ3) is 3.77. The monoisotopic (exact) mass is 299 g/mol. The van der Waals surface area contributed by atoms with E-state index in [2.05, 4.69) is 0 Å². The second-order valence-corrected chi connectivity index (χ2v) is 5.93. The second-order valence-electron chi connectivity index (χ2n) is 5.93. The van der Waals surface area contributed by atoms with E-state index in [0.717, 1.165) is 23.1 Å². The number of ether oxygens (including phenoxy) is 1. The van der Waals surface area contributed by atoms with E-state index >= 15 is 0 Å². The van der Waals surface area contributed by atoms with Crippen molar-refractivity contribution in [3.63, 3.8) is 0 Å². The predicted octanol–water partition coefficient (Wildman–Crippen LogP) is 3.25. The molecule has 4 nitrogen and oxygen atoms in total. The van der Waals surface area contributed by atoms with Crippen LogP contribution in [-0.4, -0.2) is 29.9 Å². The van der Waals surface area contributed by atoms with Crippen LogP contribution in [-0.2, 0) is 15.1 Å². The summed E-state index contributed by atoms with van der Waals surface area (Å²) >= 11 is 0. The maximum Gasteiger partial charge on any atom is 0.411 e. The SMILES string of the molecule is CN(C(=O)OC(C)(C)C)C(C)(C=O)c1cc(F)ccc1F. The Balaban J connectivity index is 3.23. The van der Waals surface area contributed by atoms with Gasteiger partial charge in [0.2, 0.25) is 0 Å². The lowest BCUT2D eigenvalue weighted by molar-refractivity contribution is -0.117. The van der Waals surface area contributed by atoms with E-state index in [1.165, 1.54) is 14.0 Å². The van der Waals surface area contributed by atoms with Gasteiger partial charge < -0.3 is 9.53 Å². The normalized spacial score (nSPS) is 14.2. The maximum absolute atomic E-state index is 13.9. The van der Waals surface area contributed by atoms with E-state index in [4.69, 9.17) is 4.74 Å². The minimum absolute atomic E-state index is 0.231. The first-order chi connectivity index (χ1) is 9.51. The molecule has 0 bridgehead atoms. The highest BCUT2D eigenvalue weighted by molar-refractivity contribution is 5.78. The Labute approximate surface area is 122 Å². The van der Waals surface area contributed by atoms with Gasteiger partial charge in [-0.3, -0.25) is 4.90 Å². The zero-order valence-electron chi connectivity index (χ0n) is 12.7. The first-order valence-electron chi connectivity index (χ1n) is 6.40. The molecule has 0 N–H and O–H groups in total. The molecule has 1 aromatic carbocycles. The molecule has 6 heteroatoms. The van der Waals surface area contributed by atoms with Crippen LogP contribution in [0, 0.1) is 11.6 Å². The van der Waals surface area contributed by atoms with Gasteiger partial charge in [-0.25, -0.2) is 13.6 Å². The Morgan fingerprint density at radius 2 is 1.81 bits per heavy atom. The van der Waals surface area contributed by atoms with Gasteiger partial charge in [0.15, 0.2) is 0 Å². The predicted molar refractivity (Wildman–Crippen MR) is 73.8 cm³/mol. The summed E-state index contributed by atoms with van der Waals surface area (Å²) in [6.07, 6.45) is -0.421. The molecule has 1 atom stereocenters. The molecule has 0 aliphatic carbocycles. The highest BCUT2D eigenvalue weighted by Crippen LogP contribution is 2.29. The molecule has 0 radical (unpaired) electrons. The van der Waals surface area contributed by atoms with Crippen LogP contribution in [0.1, 0.15) is 33.3 Å². The molecule has 1 rings (SSSR count). The molecule has 1 amide bonds. The number of carbonyl (C=O) groups excluding carboxylic acids is 2. The molecule has 0 saturated heterocycles. The molecule has 21 heavy (non-hydrogen) atoms. The van der Waals surface area contributed by atoms with Gasteiger partial charge in [0.05, 0.1) is 0 Å². The van der Waals surface area contributed by atoms with Gasteiger partial charge in [-0.05, 0) is 45.9 Å². The number of hydrogen-bond donors (Lipinski definition) is 0. The zero-order valence-corrected chi connectivity index (χ0v) is 12.7. The first kappa shape index (κ1) is 17.1. The van der Waals surface area contributed by atoms with Gasteiger partial charge in [0.1, 0.15) is 29.1 Å². The highest BCUT2D eigenvalue weighted by atomic mass is 19.1. The van der Waals surface area contributed by atoms with Crippen LogP contribution >= 0.6 is 0 Å². The van der Waals surface area contributed by atoms with E-state index in [-0.39, 0.29) is 5.56 Å². The molecule has 0 aromatic heterocycles. The third-order valence-electron chi connectivity index (χ3n) is 3.07. The van der Waals surface area contributed by atoms with Crippen LogP contribution in [0.5, 0.6) is 0 Å². The van der Waals surface area contributed by atoms with Crippen molar-refractivity contribution >= 4 is 12.4 Å². The number of aldehydes is 1. The Kier molecular flexibility index (Phi) is 4.71. The molecule has 0 aliphatic heterocycles. The zero-order chi connectivity index (χ0) is 16.4. The van der Waals surface area contributed by atoms with Crippen LogP contribution in [0.3, 0.4) is 0 Å². The standard InChI is InChI=1S/C15H19F2NO3/c1-14(2,3)21-13(20)18(5)15(4,9-19)11-8-10(16)6-7-12(11)17/h6-9H,1-5H3. The Morgan fingerprint density at radius 3 is 2.29 bits per heavy atom. The van der Waals surface area contributed by atoms with Gasteiger partial charge in [-0.2, -0.15) is 0 Å². The van der Waals surface area contributed by atoms with E-state index in [9.17, 15) is 18.4 Å². The molecular formula is C15H19F2NO3. The number of carbonyl (C=O) groups is 2. The van der Waals surface area contributed by atoms with Gasteiger partial charge in [0.25, 0.3) is 0 Å². The van der Waals surface area contributed by atoms with E-state index in [1.54, 1.807) is 20.8 Å². The third-order valence-corrected chi connectivity index (χ3v) is 3.07. The molecule has 0 spiro atoms. The molecule has 0 aliphatic rings. The molecule has 0 fully saturated rings. The number of amides is 1. The van der Waals surface area contributed by atoms with Gasteiger partial charge >= 0.3 is 6.09 Å². The van der Waals surface area contributed by atoms with Crippen molar-refractivity contribution in [2.75, 3.05) is 7.05 Å². The lowest BCUT2D eigenvalue weighted by atomic mass is 9.91. The summed E-state index contributed by atoms with van der Waals surface area (Å²) in [5.41, 5.74) is -2.67. The number of nitrogens with zero attached hydrogens (tertiary/aromatic N) is 1. The lowest BCUT2D eigenvalue weighted by Crippen LogP contribution is -2.48. The Morgan fingerprint density at radius 1 is 1.24 bits per heavy atom. The van der Waals surface area contributed by atoms with Crippen LogP contribution in [0.15, 0.2) is 18.2 Å². The number of rotatable bonds is 3. The molecule has 116 valence electrons. The Hall–Kier alpha value is -1.98. The first-order valence-corrected chi connectivity index (χ1v) is 6.40. The van der Waals surface area contributed by atoms with E-state index in [1.807, 2.05) is 0 Å². The number of benzene rings is 1. The lowest BCUT2D eigenvalue weighted by Gasteiger charge is -2.35. The fourth-order valence-corrected chi connectivity index (χ4v) is 1.73. The molecule has 1 aromatic rings. The minimum Gasteiger partial charge on any atom is -0.444 e. The summed E-state index contributed by atoms with van der Waals surface area (Å²) in [7, 11) is 1.30. The van der Waals surface area contributed by atoms with E-state index < -0.39 is 28.9 Å². The average Bonchev–Trinajstić information content (AvgIpc) is 2.37. The largest absolute Gasteiger partial charge is 0.444 e. The molecule has 0 saturated carbocycles. The quantitative estimate of drug-likeness (QED) is 0.805. The molecular weight excluding hydrogens is 280 g/mol. The van der Waals surface area contributed by atoms with Crippen molar-refractivity contribution in [2.24, 2.45) is 0 Å². The van der Waals surface area contributed by atoms with Gasteiger partial charge in [0, 0.05) is 12.6 Å².